The average Bonchev–Trinajstić information content (AvgIpc) is 3.29. The number of hydrazine groups is 1. The average molecular weight is 481 g/mol. The van der Waals surface area contributed by atoms with Gasteiger partial charge in [-0.2, -0.15) is 5.10 Å². The smallest absolute Gasteiger partial charge is 0.273 e. The van der Waals surface area contributed by atoms with Crippen LogP contribution in [0.15, 0.2) is 42.6 Å². The summed E-state index contributed by atoms with van der Waals surface area (Å²) in [4.78, 5) is 25.8. The molecule has 0 atom stereocenters. The monoisotopic (exact) mass is 480 g/mol. The van der Waals surface area contributed by atoms with Gasteiger partial charge in [-0.3, -0.25) is 20.4 Å². The summed E-state index contributed by atoms with van der Waals surface area (Å²) in [7, 11) is 0. The molecular weight excluding hydrogens is 448 g/mol. The number of benzene rings is 2. The zero-order valence-electron chi connectivity index (χ0n) is 20.8. The van der Waals surface area contributed by atoms with Gasteiger partial charge in [-0.25, -0.2) is 4.68 Å². The lowest BCUT2D eigenvalue weighted by Gasteiger charge is -2.17. The molecule has 35 heavy (non-hydrogen) atoms. The Morgan fingerprint density at radius 3 is 1.97 bits per heavy atom. The van der Waals surface area contributed by atoms with E-state index in [4.69, 9.17) is 14.2 Å². The minimum Gasteiger partial charge on any atom is -0.490 e. The van der Waals surface area contributed by atoms with Gasteiger partial charge >= 0.3 is 0 Å². The maximum absolute atomic E-state index is 12.9. The highest BCUT2D eigenvalue weighted by molar-refractivity contribution is 6.00. The van der Waals surface area contributed by atoms with Gasteiger partial charge in [0.15, 0.2) is 11.5 Å². The van der Waals surface area contributed by atoms with Crippen molar-refractivity contribution >= 4 is 11.8 Å². The molecule has 0 aliphatic carbocycles. The molecule has 1 heterocycles. The Bertz CT molecular complexity index is 1140. The predicted molar refractivity (Wildman–Crippen MR) is 133 cm³/mol. The largest absolute Gasteiger partial charge is 0.490 e. The SMILES string of the molecule is CCOc1cc(C(=O)NNC(=O)c2cnn(-c3ccc(C)cc3)c2CC)cc(OCC)c1OCC. The number of amides is 2. The van der Waals surface area contributed by atoms with Crippen molar-refractivity contribution in [2.24, 2.45) is 0 Å². The number of nitrogens with one attached hydrogen (secondary N) is 2. The van der Waals surface area contributed by atoms with Crippen LogP contribution in [0.1, 0.15) is 59.7 Å². The molecule has 0 spiro atoms. The lowest BCUT2D eigenvalue weighted by atomic mass is 10.1. The number of aromatic nitrogens is 2. The highest BCUT2D eigenvalue weighted by Crippen LogP contribution is 2.39. The van der Waals surface area contributed by atoms with E-state index >= 15 is 0 Å². The molecular formula is C26H32N4O5. The Morgan fingerprint density at radius 1 is 0.857 bits per heavy atom. The molecule has 0 bridgehead atoms. The van der Waals surface area contributed by atoms with Gasteiger partial charge in [0.2, 0.25) is 5.75 Å². The number of hydrogen-bond acceptors (Lipinski definition) is 6. The van der Waals surface area contributed by atoms with Gasteiger partial charge in [-0.15, -0.1) is 0 Å². The molecule has 0 saturated heterocycles. The molecule has 0 fully saturated rings. The summed E-state index contributed by atoms with van der Waals surface area (Å²) in [5.74, 6) is 0.239. The predicted octanol–water partition coefficient (Wildman–Crippen LogP) is 4.01. The maximum atomic E-state index is 12.9. The number of hydrogen-bond donors (Lipinski definition) is 2. The van der Waals surface area contributed by atoms with Crippen LogP contribution in [0, 0.1) is 6.92 Å². The Hall–Kier alpha value is -4.01. The van der Waals surface area contributed by atoms with Gasteiger partial charge in [0.05, 0.1) is 43.0 Å². The lowest BCUT2D eigenvalue weighted by molar-refractivity contribution is 0.0845. The number of carbonyl (C=O) groups excluding carboxylic acids is 2. The van der Waals surface area contributed by atoms with E-state index in [1.165, 1.54) is 6.20 Å². The molecule has 3 rings (SSSR count). The maximum Gasteiger partial charge on any atom is 0.273 e. The van der Waals surface area contributed by atoms with E-state index in [2.05, 4.69) is 16.0 Å². The minimum absolute atomic E-state index is 0.256. The van der Waals surface area contributed by atoms with Crippen molar-refractivity contribution in [2.45, 2.75) is 41.0 Å². The summed E-state index contributed by atoms with van der Waals surface area (Å²) in [6.45, 7) is 10.7. The van der Waals surface area contributed by atoms with Gasteiger partial charge in [-0.1, -0.05) is 24.6 Å². The summed E-state index contributed by atoms with van der Waals surface area (Å²) >= 11 is 0. The van der Waals surface area contributed by atoms with Crippen molar-refractivity contribution in [2.75, 3.05) is 19.8 Å². The first kappa shape index (κ1) is 25.6. The second-order valence-electron chi connectivity index (χ2n) is 7.61. The Kier molecular flexibility index (Phi) is 8.72. The van der Waals surface area contributed by atoms with E-state index in [1.54, 1.807) is 16.8 Å². The molecule has 2 N–H and O–H groups in total. The third-order valence-electron chi connectivity index (χ3n) is 5.19. The van der Waals surface area contributed by atoms with E-state index in [0.717, 1.165) is 16.9 Å². The fourth-order valence-electron chi connectivity index (χ4n) is 3.58. The number of ether oxygens (including phenoxy) is 3. The fraction of sp³-hybridized carbons (Fsp3) is 0.346. The van der Waals surface area contributed by atoms with E-state index in [0.29, 0.717) is 49.1 Å². The standard InChI is InChI=1S/C26H32N4O5/c1-6-21-20(16-27-30(21)19-12-10-17(5)11-13-19)26(32)29-28-25(31)18-14-22(33-7-2)24(35-9-4)23(15-18)34-8-3/h10-16H,6-9H2,1-5H3,(H,28,31)(H,29,32). The van der Waals surface area contributed by atoms with Gasteiger partial charge in [0.1, 0.15) is 0 Å². The summed E-state index contributed by atoms with van der Waals surface area (Å²) < 4.78 is 18.7. The molecule has 0 radical (unpaired) electrons. The summed E-state index contributed by atoms with van der Waals surface area (Å²) in [6, 6.07) is 11.0. The van der Waals surface area contributed by atoms with Gasteiger partial charge in [-0.05, 0) is 58.4 Å². The van der Waals surface area contributed by atoms with Crippen LogP contribution in [0.3, 0.4) is 0 Å². The Morgan fingerprint density at radius 2 is 1.43 bits per heavy atom. The minimum atomic E-state index is -0.521. The van der Waals surface area contributed by atoms with E-state index < -0.39 is 11.8 Å². The van der Waals surface area contributed by atoms with Gasteiger partial charge in [0, 0.05) is 5.56 Å². The highest BCUT2D eigenvalue weighted by atomic mass is 16.5. The topological polar surface area (TPSA) is 104 Å². The van der Waals surface area contributed by atoms with E-state index in [9.17, 15) is 9.59 Å². The number of rotatable bonds is 10. The van der Waals surface area contributed by atoms with Crippen molar-refractivity contribution < 1.29 is 23.8 Å². The molecule has 3 aromatic rings. The van der Waals surface area contributed by atoms with Crippen LogP contribution in [0.2, 0.25) is 0 Å². The molecule has 0 aliphatic heterocycles. The second kappa shape index (κ2) is 11.9. The fourth-order valence-corrected chi connectivity index (χ4v) is 3.58. The molecule has 2 amide bonds. The number of carbonyl (C=O) groups is 2. The normalized spacial score (nSPS) is 10.5. The summed E-state index contributed by atoms with van der Waals surface area (Å²) in [5.41, 5.74) is 8.31. The van der Waals surface area contributed by atoms with Crippen LogP contribution in [-0.4, -0.2) is 41.4 Å². The van der Waals surface area contributed by atoms with Gasteiger partial charge in [0.25, 0.3) is 11.8 Å². The van der Waals surface area contributed by atoms with Crippen LogP contribution in [0.4, 0.5) is 0 Å². The van der Waals surface area contributed by atoms with Crippen molar-refractivity contribution in [3.05, 3.63) is 65.0 Å². The lowest BCUT2D eigenvalue weighted by Crippen LogP contribution is -2.41. The number of nitrogens with zero attached hydrogens (tertiary/aromatic N) is 2. The van der Waals surface area contributed by atoms with Crippen LogP contribution < -0.4 is 25.1 Å². The highest BCUT2D eigenvalue weighted by Gasteiger charge is 2.21. The molecule has 9 nitrogen and oxygen atoms in total. The van der Waals surface area contributed by atoms with E-state index in [-0.39, 0.29) is 5.56 Å². The Balaban J connectivity index is 1.79. The zero-order chi connectivity index (χ0) is 25.4. The number of aryl methyl sites for hydroxylation is 1. The van der Waals surface area contributed by atoms with Crippen LogP contribution in [0.5, 0.6) is 17.2 Å². The van der Waals surface area contributed by atoms with Crippen molar-refractivity contribution in [1.29, 1.82) is 0 Å². The first-order valence-corrected chi connectivity index (χ1v) is 11.7. The molecule has 0 aliphatic rings. The first-order chi connectivity index (χ1) is 16.9. The second-order valence-corrected chi connectivity index (χ2v) is 7.61. The summed E-state index contributed by atoms with van der Waals surface area (Å²) in [6.07, 6.45) is 2.08. The third kappa shape index (κ3) is 5.92. The Labute approximate surface area is 205 Å². The zero-order valence-corrected chi connectivity index (χ0v) is 20.8. The van der Waals surface area contributed by atoms with E-state index in [1.807, 2.05) is 58.9 Å². The van der Waals surface area contributed by atoms with Crippen molar-refractivity contribution in [1.82, 2.24) is 20.6 Å². The molecule has 0 unspecified atom stereocenters. The van der Waals surface area contributed by atoms with Crippen LogP contribution >= 0.6 is 0 Å². The summed E-state index contributed by atoms with van der Waals surface area (Å²) in [5, 5.41) is 4.38. The van der Waals surface area contributed by atoms with Crippen molar-refractivity contribution in [3.63, 3.8) is 0 Å². The molecule has 186 valence electrons. The first-order valence-electron chi connectivity index (χ1n) is 11.7. The van der Waals surface area contributed by atoms with Crippen LogP contribution in [-0.2, 0) is 6.42 Å². The molecule has 1 aromatic heterocycles. The molecule has 0 saturated carbocycles. The third-order valence-corrected chi connectivity index (χ3v) is 5.19. The molecule has 2 aromatic carbocycles. The van der Waals surface area contributed by atoms with Crippen LogP contribution in [0.25, 0.3) is 5.69 Å². The molecule has 9 heteroatoms. The quantitative estimate of drug-likeness (QED) is 0.425. The van der Waals surface area contributed by atoms with Crippen molar-refractivity contribution in [3.8, 4) is 22.9 Å². The van der Waals surface area contributed by atoms with Gasteiger partial charge < -0.3 is 14.2 Å².